The molecule has 0 saturated heterocycles. The summed E-state index contributed by atoms with van der Waals surface area (Å²) in [6.45, 7) is 0.690. The molecule has 5 nitrogen and oxygen atoms in total. The number of nitrogens with zero attached hydrogens (tertiary/aromatic N) is 3. The highest BCUT2D eigenvalue weighted by atomic mass is 35.5. The lowest BCUT2D eigenvalue weighted by Gasteiger charge is -2.12. The molecule has 6 heteroatoms. The molecule has 96 valence electrons. The lowest BCUT2D eigenvalue weighted by Crippen LogP contribution is -2.05. The quantitative estimate of drug-likeness (QED) is 0.768. The van der Waals surface area contributed by atoms with E-state index in [4.69, 9.17) is 11.6 Å². The predicted octanol–water partition coefficient (Wildman–Crippen LogP) is 2.86. The van der Waals surface area contributed by atoms with Gasteiger partial charge in [0.1, 0.15) is 18.3 Å². The van der Waals surface area contributed by atoms with Crippen molar-refractivity contribution in [1.82, 2.24) is 19.7 Å². The van der Waals surface area contributed by atoms with E-state index in [0.717, 1.165) is 17.1 Å². The molecule has 3 aromatic rings. The van der Waals surface area contributed by atoms with E-state index < -0.39 is 0 Å². The van der Waals surface area contributed by atoms with Crippen molar-refractivity contribution in [2.75, 3.05) is 5.32 Å². The van der Waals surface area contributed by atoms with E-state index >= 15 is 0 Å². The SMILES string of the molecule is Clc1cccc(NCc2ccc[nH]2)c1-n1cncn1. The highest BCUT2D eigenvalue weighted by Crippen LogP contribution is 2.27. The number of anilines is 1. The van der Waals surface area contributed by atoms with Gasteiger partial charge in [0, 0.05) is 11.9 Å². The topological polar surface area (TPSA) is 58.5 Å². The smallest absolute Gasteiger partial charge is 0.138 e. The Morgan fingerprint density at radius 3 is 2.95 bits per heavy atom. The molecule has 2 N–H and O–H groups in total. The third-order valence-corrected chi connectivity index (χ3v) is 3.07. The van der Waals surface area contributed by atoms with Crippen LogP contribution in [0.15, 0.2) is 49.2 Å². The van der Waals surface area contributed by atoms with Gasteiger partial charge < -0.3 is 10.3 Å². The number of nitrogens with one attached hydrogen (secondary N) is 2. The van der Waals surface area contributed by atoms with Gasteiger partial charge >= 0.3 is 0 Å². The lowest BCUT2D eigenvalue weighted by atomic mass is 10.2. The van der Waals surface area contributed by atoms with E-state index in [1.54, 1.807) is 11.0 Å². The Balaban J connectivity index is 1.91. The summed E-state index contributed by atoms with van der Waals surface area (Å²) in [7, 11) is 0. The number of hydrogen-bond donors (Lipinski definition) is 2. The first-order valence-electron chi connectivity index (χ1n) is 5.84. The molecule has 0 aliphatic rings. The largest absolute Gasteiger partial charge is 0.378 e. The van der Waals surface area contributed by atoms with Crippen molar-refractivity contribution < 1.29 is 0 Å². The number of benzene rings is 1. The van der Waals surface area contributed by atoms with Gasteiger partial charge in [0.2, 0.25) is 0 Å². The monoisotopic (exact) mass is 273 g/mol. The van der Waals surface area contributed by atoms with Crippen LogP contribution >= 0.6 is 11.6 Å². The third-order valence-electron chi connectivity index (χ3n) is 2.77. The molecule has 2 heterocycles. The summed E-state index contributed by atoms with van der Waals surface area (Å²) in [4.78, 5) is 7.10. The summed E-state index contributed by atoms with van der Waals surface area (Å²) in [6, 6.07) is 9.68. The first kappa shape index (κ1) is 11.8. The van der Waals surface area contributed by atoms with Crippen LogP contribution in [-0.4, -0.2) is 19.7 Å². The minimum absolute atomic E-state index is 0.627. The normalized spacial score (nSPS) is 10.6. The van der Waals surface area contributed by atoms with Crippen molar-refractivity contribution in [2.45, 2.75) is 6.54 Å². The van der Waals surface area contributed by atoms with Crippen LogP contribution in [0.1, 0.15) is 5.69 Å². The van der Waals surface area contributed by atoms with Gasteiger partial charge in [-0.1, -0.05) is 17.7 Å². The maximum atomic E-state index is 6.25. The van der Waals surface area contributed by atoms with Crippen molar-refractivity contribution in [1.29, 1.82) is 0 Å². The molecule has 0 spiro atoms. The number of rotatable bonds is 4. The summed E-state index contributed by atoms with van der Waals surface area (Å²) in [6.07, 6.45) is 5.01. The number of hydrogen-bond acceptors (Lipinski definition) is 3. The molecule has 0 radical (unpaired) electrons. The Morgan fingerprint density at radius 2 is 2.21 bits per heavy atom. The number of para-hydroxylation sites is 1. The molecular weight excluding hydrogens is 262 g/mol. The molecule has 1 aromatic carbocycles. The van der Waals surface area contributed by atoms with Crippen LogP contribution in [0.4, 0.5) is 5.69 Å². The van der Waals surface area contributed by atoms with E-state index in [1.807, 2.05) is 36.5 Å². The van der Waals surface area contributed by atoms with E-state index in [0.29, 0.717) is 11.6 Å². The van der Waals surface area contributed by atoms with Crippen LogP contribution in [0.5, 0.6) is 0 Å². The van der Waals surface area contributed by atoms with Crippen molar-refractivity contribution in [3.05, 3.63) is 59.9 Å². The summed E-state index contributed by atoms with van der Waals surface area (Å²) >= 11 is 6.25. The lowest BCUT2D eigenvalue weighted by molar-refractivity contribution is 0.877. The maximum absolute atomic E-state index is 6.25. The maximum Gasteiger partial charge on any atom is 0.138 e. The molecule has 0 fully saturated rings. The van der Waals surface area contributed by atoms with Gasteiger partial charge in [0.25, 0.3) is 0 Å². The zero-order valence-corrected chi connectivity index (χ0v) is 10.8. The molecule has 2 aromatic heterocycles. The van der Waals surface area contributed by atoms with E-state index in [-0.39, 0.29) is 0 Å². The van der Waals surface area contributed by atoms with Crippen molar-refractivity contribution in [2.24, 2.45) is 0 Å². The predicted molar refractivity (Wildman–Crippen MR) is 74.5 cm³/mol. The fourth-order valence-corrected chi connectivity index (χ4v) is 2.14. The Labute approximate surface area is 115 Å². The van der Waals surface area contributed by atoms with Crippen molar-refractivity contribution >= 4 is 17.3 Å². The molecule has 3 rings (SSSR count). The zero-order chi connectivity index (χ0) is 13.1. The first-order chi connectivity index (χ1) is 9.34. The number of halogens is 1. The van der Waals surface area contributed by atoms with Crippen LogP contribution in [0.25, 0.3) is 5.69 Å². The van der Waals surface area contributed by atoms with Crippen LogP contribution in [0, 0.1) is 0 Å². The summed E-state index contributed by atoms with van der Waals surface area (Å²) < 4.78 is 1.65. The van der Waals surface area contributed by atoms with Crippen molar-refractivity contribution in [3.63, 3.8) is 0 Å². The molecule has 0 bridgehead atoms. The number of aromatic amines is 1. The van der Waals surface area contributed by atoms with Crippen LogP contribution in [0.2, 0.25) is 5.02 Å². The molecule has 0 unspecified atom stereocenters. The number of aromatic nitrogens is 4. The Hall–Kier alpha value is -2.27. The van der Waals surface area contributed by atoms with Gasteiger partial charge in [0.05, 0.1) is 17.3 Å². The summed E-state index contributed by atoms with van der Waals surface area (Å²) in [5, 5.41) is 8.09. The van der Waals surface area contributed by atoms with Crippen LogP contribution < -0.4 is 5.32 Å². The van der Waals surface area contributed by atoms with Crippen LogP contribution in [-0.2, 0) is 6.54 Å². The first-order valence-corrected chi connectivity index (χ1v) is 6.22. The molecule has 0 aliphatic heterocycles. The molecule has 0 saturated carbocycles. The Morgan fingerprint density at radius 1 is 1.26 bits per heavy atom. The molecule has 19 heavy (non-hydrogen) atoms. The molecule has 0 amide bonds. The fourth-order valence-electron chi connectivity index (χ4n) is 1.88. The second-order valence-corrected chi connectivity index (χ2v) is 4.43. The minimum atomic E-state index is 0.627. The Bertz CT molecular complexity index is 646. The second-order valence-electron chi connectivity index (χ2n) is 4.02. The molecule has 0 aliphatic carbocycles. The summed E-state index contributed by atoms with van der Waals surface area (Å²) in [5.41, 5.74) is 2.81. The Kier molecular flexibility index (Phi) is 3.20. The van der Waals surface area contributed by atoms with Gasteiger partial charge in [-0.15, -0.1) is 0 Å². The highest BCUT2D eigenvalue weighted by Gasteiger charge is 2.09. The van der Waals surface area contributed by atoms with Gasteiger partial charge in [-0.2, -0.15) is 5.10 Å². The van der Waals surface area contributed by atoms with E-state index in [1.165, 1.54) is 6.33 Å². The van der Waals surface area contributed by atoms with Gasteiger partial charge in [-0.05, 0) is 24.3 Å². The molecular formula is C13H12ClN5. The van der Waals surface area contributed by atoms with E-state index in [9.17, 15) is 0 Å². The van der Waals surface area contributed by atoms with E-state index in [2.05, 4.69) is 20.4 Å². The van der Waals surface area contributed by atoms with Gasteiger partial charge in [-0.3, -0.25) is 0 Å². The standard InChI is InChI=1S/C13H12ClN5/c14-11-4-1-5-12(13(11)19-9-15-8-18-19)17-7-10-3-2-6-16-10/h1-6,8-9,16-17H,7H2. The van der Waals surface area contributed by atoms with Crippen LogP contribution in [0.3, 0.4) is 0 Å². The molecule has 0 atom stereocenters. The minimum Gasteiger partial charge on any atom is -0.378 e. The van der Waals surface area contributed by atoms with Crippen molar-refractivity contribution in [3.8, 4) is 5.69 Å². The van der Waals surface area contributed by atoms with Gasteiger partial charge in [-0.25, -0.2) is 9.67 Å². The highest BCUT2D eigenvalue weighted by molar-refractivity contribution is 6.33. The summed E-state index contributed by atoms with van der Waals surface area (Å²) in [5.74, 6) is 0. The number of H-pyrrole nitrogens is 1. The fraction of sp³-hybridized carbons (Fsp3) is 0.0769. The van der Waals surface area contributed by atoms with Gasteiger partial charge in [0.15, 0.2) is 0 Å². The second kappa shape index (κ2) is 5.16. The average molecular weight is 274 g/mol. The average Bonchev–Trinajstić information content (AvgIpc) is 3.09. The zero-order valence-electron chi connectivity index (χ0n) is 10.0. The third kappa shape index (κ3) is 2.46.